The van der Waals surface area contributed by atoms with E-state index < -0.39 is 60.2 Å². The van der Waals surface area contributed by atoms with Gasteiger partial charge in [0.2, 0.25) is 0 Å². The highest BCUT2D eigenvalue weighted by Crippen LogP contribution is 2.34. The summed E-state index contributed by atoms with van der Waals surface area (Å²) in [6.45, 7) is 5.64. The predicted octanol–water partition coefficient (Wildman–Crippen LogP) is 0.296. The van der Waals surface area contributed by atoms with Gasteiger partial charge in [0.1, 0.15) is 12.2 Å². The van der Waals surface area contributed by atoms with Crippen molar-refractivity contribution in [2.75, 3.05) is 6.61 Å². The number of carbonyl (C=O) groups is 5. The van der Waals surface area contributed by atoms with E-state index >= 15 is 0 Å². The van der Waals surface area contributed by atoms with Crippen LogP contribution < -0.4 is 0 Å². The third-order valence-electron chi connectivity index (χ3n) is 3.74. The lowest BCUT2D eigenvalue weighted by molar-refractivity contribution is -0.221. The van der Waals surface area contributed by atoms with Crippen LogP contribution in [0.3, 0.4) is 0 Å². The van der Waals surface area contributed by atoms with Crippen molar-refractivity contribution in [2.45, 2.75) is 65.5 Å². The molecule has 1 rings (SSSR count). The Morgan fingerprint density at radius 1 is 0.630 bits per heavy atom. The second-order valence-corrected chi connectivity index (χ2v) is 6.17. The molecule has 0 saturated heterocycles. The first-order valence-electron chi connectivity index (χ1n) is 8.33. The van der Waals surface area contributed by atoms with Gasteiger partial charge in [-0.15, -0.1) is 0 Å². The van der Waals surface area contributed by atoms with Gasteiger partial charge in [-0.3, -0.25) is 24.0 Å². The Hall–Kier alpha value is -2.65. The van der Waals surface area contributed by atoms with Crippen LogP contribution in [0.25, 0.3) is 0 Å². The van der Waals surface area contributed by atoms with Crippen LogP contribution in [-0.2, 0) is 47.7 Å². The number of rotatable bonds is 6. The zero-order valence-electron chi connectivity index (χ0n) is 15.9. The van der Waals surface area contributed by atoms with Crippen LogP contribution in [0.4, 0.5) is 0 Å². The number of ether oxygens (including phenoxy) is 5. The first-order chi connectivity index (χ1) is 12.5. The van der Waals surface area contributed by atoms with Crippen molar-refractivity contribution in [1.29, 1.82) is 0 Å². The van der Waals surface area contributed by atoms with E-state index in [2.05, 4.69) is 0 Å². The lowest BCUT2D eigenvalue weighted by Crippen LogP contribution is -2.59. The normalized spacial score (nSPS) is 27.1. The fraction of sp³-hybridized carbons (Fsp3) is 0.706. The minimum absolute atomic E-state index is 0.0561. The second kappa shape index (κ2) is 9.89. The van der Waals surface area contributed by atoms with E-state index in [0.29, 0.717) is 0 Å². The molecule has 5 atom stereocenters. The molecule has 1 aliphatic rings. The third kappa shape index (κ3) is 7.24. The quantitative estimate of drug-likeness (QED) is 0.462. The molecular weight excluding hydrogens is 364 g/mol. The monoisotopic (exact) mass is 388 g/mol. The predicted molar refractivity (Wildman–Crippen MR) is 87.0 cm³/mol. The Bertz CT molecular complexity index is 599. The van der Waals surface area contributed by atoms with Gasteiger partial charge in [-0.2, -0.15) is 0 Å². The summed E-state index contributed by atoms with van der Waals surface area (Å²) in [6.07, 6.45) is -4.42. The van der Waals surface area contributed by atoms with E-state index in [4.69, 9.17) is 23.7 Å². The minimum atomic E-state index is -1.24. The second-order valence-electron chi connectivity index (χ2n) is 6.17. The van der Waals surface area contributed by atoms with Gasteiger partial charge in [-0.05, 0) is 6.42 Å². The molecule has 0 spiro atoms. The van der Waals surface area contributed by atoms with Crippen molar-refractivity contribution in [3.05, 3.63) is 0 Å². The molecule has 0 unspecified atom stereocenters. The van der Waals surface area contributed by atoms with Gasteiger partial charge < -0.3 is 23.7 Å². The molecule has 0 aromatic heterocycles. The standard InChI is InChI=1S/C17H24O10/c1-8(18)23-7-13-6-14(24-9(2)19)16(26-11(4)21)17(27-12(5)22)15(13)25-10(3)20/h13-17H,6-7H2,1-5H3/t13-,14-,15+,16+,17-/m0/s1. The largest absolute Gasteiger partial charge is 0.465 e. The molecule has 0 N–H and O–H groups in total. The molecule has 0 aromatic carbocycles. The van der Waals surface area contributed by atoms with Gasteiger partial charge in [0, 0.05) is 40.5 Å². The van der Waals surface area contributed by atoms with Crippen LogP contribution in [0.1, 0.15) is 41.0 Å². The minimum Gasteiger partial charge on any atom is -0.465 e. The average molecular weight is 388 g/mol. The zero-order chi connectivity index (χ0) is 20.7. The van der Waals surface area contributed by atoms with Gasteiger partial charge in [-0.1, -0.05) is 0 Å². The highest BCUT2D eigenvalue weighted by atomic mass is 16.6. The highest BCUT2D eigenvalue weighted by molar-refractivity contribution is 5.69. The van der Waals surface area contributed by atoms with Crippen molar-refractivity contribution in [3.8, 4) is 0 Å². The maximum Gasteiger partial charge on any atom is 0.303 e. The lowest BCUT2D eigenvalue weighted by Gasteiger charge is -2.43. The SMILES string of the molecule is CC(=O)OC[C@@H]1C[C@H](OC(C)=O)[C@@H](OC(C)=O)[C@@H](OC(C)=O)[C@@H]1OC(C)=O. The third-order valence-corrected chi connectivity index (χ3v) is 3.74. The van der Waals surface area contributed by atoms with Crippen LogP contribution in [0.5, 0.6) is 0 Å². The maximum absolute atomic E-state index is 11.6. The van der Waals surface area contributed by atoms with Crippen LogP contribution in [0.15, 0.2) is 0 Å². The number of hydrogen-bond donors (Lipinski definition) is 0. The Balaban J connectivity index is 3.29. The summed E-state index contributed by atoms with van der Waals surface area (Å²) in [6, 6.07) is 0. The summed E-state index contributed by atoms with van der Waals surface area (Å²) in [5.41, 5.74) is 0. The van der Waals surface area contributed by atoms with E-state index in [-0.39, 0.29) is 13.0 Å². The molecule has 10 nitrogen and oxygen atoms in total. The molecule has 152 valence electrons. The van der Waals surface area contributed by atoms with Crippen LogP contribution >= 0.6 is 0 Å². The summed E-state index contributed by atoms with van der Waals surface area (Å²) in [5.74, 6) is -3.95. The van der Waals surface area contributed by atoms with E-state index in [0.717, 1.165) is 20.8 Å². The zero-order valence-corrected chi connectivity index (χ0v) is 15.9. The van der Waals surface area contributed by atoms with Crippen LogP contribution in [-0.4, -0.2) is 60.9 Å². The van der Waals surface area contributed by atoms with Crippen molar-refractivity contribution >= 4 is 29.8 Å². The topological polar surface area (TPSA) is 132 Å². The Labute approximate surface area is 156 Å². The van der Waals surface area contributed by atoms with Crippen molar-refractivity contribution < 1.29 is 47.7 Å². The maximum atomic E-state index is 11.6. The summed E-state index contributed by atoms with van der Waals surface area (Å²) < 4.78 is 25.9. The summed E-state index contributed by atoms with van der Waals surface area (Å²) in [5, 5.41) is 0. The fourth-order valence-corrected chi connectivity index (χ4v) is 2.96. The Morgan fingerprint density at radius 3 is 1.52 bits per heavy atom. The molecular formula is C17H24O10. The molecule has 1 fully saturated rings. The molecule has 0 aliphatic heterocycles. The molecule has 27 heavy (non-hydrogen) atoms. The Morgan fingerprint density at radius 2 is 1.07 bits per heavy atom. The summed E-state index contributed by atoms with van der Waals surface area (Å²) >= 11 is 0. The molecule has 0 amide bonds. The highest BCUT2D eigenvalue weighted by Gasteiger charge is 2.52. The molecule has 0 heterocycles. The molecule has 10 heteroatoms. The molecule has 1 aliphatic carbocycles. The molecule has 0 radical (unpaired) electrons. The lowest BCUT2D eigenvalue weighted by atomic mass is 9.80. The van der Waals surface area contributed by atoms with E-state index in [9.17, 15) is 24.0 Å². The van der Waals surface area contributed by atoms with Crippen LogP contribution in [0.2, 0.25) is 0 Å². The van der Waals surface area contributed by atoms with Crippen molar-refractivity contribution in [2.24, 2.45) is 5.92 Å². The molecule has 1 saturated carbocycles. The van der Waals surface area contributed by atoms with Gasteiger partial charge >= 0.3 is 29.8 Å². The number of hydrogen-bond acceptors (Lipinski definition) is 10. The van der Waals surface area contributed by atoms with Gasteiger partial charge in [0.05, 0.1) is 6.61 Å². The smallest absolute Gasteiger partial charge is 0.303 e. The molecule has 0 bridgehead atoms. The van der Waals surface area contributed by atoms with Crippen LogP contribution in [0, 0.1) is 5.92 Å². The Kier molecular flexibility index (Phi) is 8.20. The first-order valence-corrected chi connectivity index (χ1v) is 8.33. The summed E-state index contributed by atoms with van der Waals surface area (Å²) in [7, 11) is 0. The number of carbonyl (C=O) groups excluding carboxylic acids is 5. The number of esters is 5. The van der Waals surface area contributed by atoms with Gasteiger partial charge in [-0.25, -0.2) is 0 Å². The first kappa shape index (κ1) is 22.4. The van der Waals surface area contributed by atoms with E-state index in [1.807, 2.05) is 0 Å². The van der Waals surface area contributed by atoms with E-state index in [1.165, 1.54) is 13.8 Å². The average Bonchev–Trinajstić information content (AvgIpc) is 2.49. The van der Waals surface area contributed by atoms with Gasteiger partial charge in [0.15, 0.2) is 12.2 Å². The van der Waals surface area contributed by atoms with Crippen molar-refractivity contribution in [1.82, 2.24) is 0 Å². The van der Waals surface area contributed by atoms with Crippen molar-refractivity contribution in [3.63, 3.8) is 0 Å². The summed E-state index contributed by atoms with van der Waals surface area (Å²) in [4.78, 5) is 57.3. The van der Waals surface area contributed by atoms with Gasteiger partial charge in [0.25, 0.3) is 0 Å². The molecule has 0 aromatic rings. The van der Waals surface area contributed by atoms with E-state index in [1.54, 1.807) is 0 Å². The fourth-order valence-electron chi connectivity index (χ4n) is 2.96.